The van der Waals surface area contributed by atoms with Gasteiger partial charge >= 0.3 is 0 Å². The zero-order valence-corrected chi connectivity index (χ0v) is 6.40. The van der Waals surface area contributed by atoms with E-state index in [1.807, 2.05) is 0 Å². The van der Waals surface area contributed by atoms with Gasteiger partial charge in [0.25, 0.3) is 6.43 Å². The summed E-state index contributed by atoms with van der Waals surface area (Å²) in [4.78, 5) is 0. The highest BCUT2D eigenvalue weighted by molar-refractivity contribution is 4.78. The smallest absolute Gasteiger partial charge is 0.266 e. The molecule has 1 N–H and O–H groups in total. The van der Waals surface area contributed by atoms with Crippen LogP contribution in [0.4, 0.5) is 8.78 Å². The molecule has 0 bridgehead atoms. The van der Waals surface area contributed by atoms with E-state index in [9.17, 15) is 8.78 Å². The van der Waals surface area contributed by atoms with Gasteiger partial charge in [-0.2, -0.15) is 0 Å². The minimum Gasteiger partial charge on any atom is -0.384 e. The van der Waals surface area contributed by atoms with Crippen LogP contribution in [0.25, 0.3) is 0 Å². The minimum absolute atomic E-state index is 0.124. The van der Waals surface area contributed by atoms with Crippen molar-refractivity contribution in [2.24, 2.45) is 0 Å². The first-order valence-corrected chi connectivity index (χ1v) is 3.57. The van der Waals surface area contributed by atoms with Crippen molar-refractivity contribution in [3.63, 3.8) is 0 Å². The Morgan fingerprint density at radius 3 is 2.00 bits per heavy atom. The molecule has 0 aromatic heterocycles. The number of hydrogen-bond donors (Lipinski definition) is 1. The van der Waals surface area contributed by atoms with E-state index in [1.54, 1.807) is 13.8 Å². The first kappa shape index (κ1) is 9.82. The Morgan fingerprint density at radius 1 is 1.40 bits per heavy atom. The summed E-state index contributed by atoms with van der Waals surface area (Å²) >= 11 is 0. The molecule has 1 atom stereocenters. The summed E-state index contributed by atoms with van der Waals surface area (Å²) in [6.45, 7) is 3.35. The monoisotopic (exact) mass is 152 g/mol. The van der Waals surface area contributed by atoms with Gasteiger partial charge in [-0.25, -0.2) is 8.78 Å². The van der Waals surface area contributed by atoms with Crippen LogP contribution in [-0.2, 0) is 0 Å². The molecule has 0 aromatic rings. The van der Waals surface area contributed by atoms with Crippen molar-refractivity contribution in [2.75, 3.05) is 0 Å². The van der Waals surface area contributed by atoms with Crippen LogP contribution in [0.3, 0.4) is 0 Å². The van der Waals surface area contributed by atoms with Gasteiger partial charge in [0.1, 0.15) is 5.60 Å². The van der Waals surface area contributed by atoms with E-state index < -0.39 is 12.0 Å². The molecule has 1 nitrogen and oxygen atoms in total. The van der Waals surface area contributed by atoms with E-state index in [2.05, 4.69) is 0 Å². The highest BCUT2D eigenvalue weighted by atomic mass is 19.3. The summed E-state index contributed by atoms with van der Waals surface area (Å²) in [6, 6.07) is 0. The van der Waals surface area contributed by atoms with Crippen LogP contribution in [0.5, 0.6) is 0 Å². The predicted octanol–water partition coefficient (Wildman–Crippen LogP) is 2.19. The standard InChI is InChI=1S/C7H14F2O/c1-3-5-7(10,4-2)6(8)9/h6,10H,3-5H2,1-2H3. The normalized spacial score (nSPS) is 17.4. The second-order valence-electron chi connectivity index (χ2n) is 2.51. The minimum atomic E-state index is -2.61. The van der Waals surface area contributed by atoms with Gasteiger partial charge in [-0.05, 0) is 12.8 Å². The van der Waals surface area contributed by atoms with E-state index in [-0.39, 0.29) is 12.8 Å². The highest BCUT2D eigenvalue weighted by Gasteiger charge is 2.34. The summed E-state index contributed by atoms with van der Waals surface area (Å²) in [5.41, 5.74) is -1.74. The van der Waals surface area contributed by atoms with Gasteiger partial charge in [-0.1, -0.05) is 20.3 Å². The second kappa shape index (κ2) is 3.86. The average Bonchev–Trinajstić information content (AvgIpc) is 1.88. The van der Waals surface area contributed by atoms with Crippen LogP contribution in [-0.4, -0.2) is 17.1 Å². The Balaban J connectivity index is 3.94. The van der Waals surface area contributed by atoms with E-state index >= 15 is 0 Å². The molecule has 10 heavy (non-hydrogen) atoms. The molecule has 0 heterocycles. The fourth-order valence-corrected chi connectivity index (χ4v) is 0.873. The van der Waals surface area contributed by atoms with Crippen molar-refractivity contribution in [2.45, 2.75) is 45.1 Å². The van der Waals surface area contributed by atoms with Crippen LogP contribution < -0.4 is 0 Å². The fraction of sp³-hybridized carbons (Fsp3) is 1.00. The Hall–Kier alpha value is -0.180. The largest absolute Gasteiger partial charge is 0.384 e. The number of rotatable bonds is 4. The molecule has 0 aliphatic heterocycles. The first-order valence-electron chi connectivity index (χ1n) is 3.57. The quantitative estimate of drug-likeness (QED) is 0.654. The molecule has 0 aliphatic carbocycles. The van der Waals surface area contributed by atoms with Crippen LogP contribution in [0, 0.1) is 0 Å². The van der Waals surface area contributed by atoms with Crippen molar-refractivity contribution in [3.8, 4) is 0 Å². The molecule has 0 aromatic carbocycles. The molecule has 0 rings (SSSR count). The number of aliphatic hydroxyl groups is 1. The van der Waals surface area contributed by atoms with Crippen molar-refractivity contribution in [1.29, 1.82) is 0 Å². The molecule has 0 saturated heterocycles. The first-order chi connectivity index (χ1) is 4.56. The maximum absolute atomic E-state index is 12.0. The Morgan fingerprint density at radius 2 is 1.90 bits per heavy atom. The fourth-order valence-electron chi connectivity index (χ4n) is 0.873. The summed E-state index contributed by atoms with van der Waals surface area (Å²) < 4.78 is 24.0. The zero-order valence-electron chi connectivity index (χ0n) is 6.40. The van der Waals surface area contributed by atoms with Crippen LogP contribution in [0.15, 0.2) is 0 Å². The molecule has 0 spiro atoms. The van der Waals surface area contributed by atoms with Gasteiger partial charge < -0.3 is 5.11 Å². The van der Waals surface area contributed by atoms with Gasteiger partial charge in [-0.3, -0.25) is 0 Å². The van der Waals surface area contributed by atoms with Crippen molar-refractivity contribution in [1.82, 2.24) is 0 Å². The lowest BCUT2D eigenvalue weighted by Gasteiger charge is -2.24. The third-order valence-corrected chi connectivity index (χ3v) is 1.70. The Labute approximate surface area is 60.1 Å². The number of halogens is 2. The Bertz CT molecular complexity index is 95.6. The zero-order chi connectivity index (χ0) is 8.20. The van der Waals surface area contributed by atoms with E-state index in [4.69, 9.17) is 5.11 Å². The molecule has 3 heteroatoms. The molecule has 0 saturated carbocycles. The van der Waals surface area contributed by atoms with Crippen molar-refractivity contribution in [3.05, 3.63) is 0 Å². The maximum Gasteiger partial charge on any atom is 0.266 e. The summed E-state index contributed by atoms with van der Waals surface area (Å²) in [5, 5.41) is 9.15. The molecule has 62 valence electrons. The van der Waals surface area contributed by atoms with E-state index in [1.165, 1.54) is 0 Å². The lowest BCUT2D eigenvalue weighted by atomic mass is 9.96. The summed E-state index contributed by atoms with van der Waals surface area (Å²) in [5.74, 6) is 0. The van der Waals surface area contributed by atoms with Gasteiger partial charge in [0, 0.05) is 0 Å². The molecule has 1 unspecified atom stereocenters. The SMILES string of the molecule is CCCC(O)(CC)C(F)F. The van der Waals surface area contributed by atoms with Crippen LogP contribution in [0.1, 0.15) is 33.1 Å². The molecule has 0 aliphatic rings. The molecular weight excluding hydrogens is 138 g/mol. The summed E-state index contributed by atoms with van der Waals surface area (Å²) in [7, 11) is 0. The van der Waals surface area contributed by atoms with Crippen LogP contribution in [0.2, 0.25) is 0 Å². The summed E-state index contributed by atoms with van der Waals surface area (Å²) in [6.07, 6.45) is -1.72. The molecule has 0 radical (unpaired) electrons. The van der Waals surface area contributed by atoms with E-state index in [0.29, 0.717) is 6.42 Å². The molecular formula is C7H14F2O. The average molecular weight is 152 g/mol. The maximum atomic E-state index is 12.0. The van der Waals surface area contributed by atoms with Gasteiger partial charge in [0.15, 0.2) is 0 Å². The lowest BCUT2D eigenvalue weighted by molar-refractivity contribution is -0.103. The highest BCUT2D eigenvalue weighted by Crippen LogP contribution is 2.24. The van der Waals surface area contributed by atoms with Gasteiger partial charge in [0.05, 0.1) is 0 Å². The van der Waals surface area contributed by atoms with Crippen LogP contribution >= 0.6 is 0 Å². The topological polar surface area (TPSA) is 20.2 Å². The van der Waals surface area contributed by atoms with Gasteiger partial charge in [0.2, 0.25) is 0 Å². The van der Waals surface area contributed by atoms with Crippen molar-refractivity contribution >= 4 is 0 Å². The number of alkyl halides is 2. The third kappa shape index (κ3) is 2.21. The molecule has 0 fully saturated rings. The Kier molecular flexibility index (Phi) is 3.79. The van der Waals surface area contributed by atoms with Crippen molar-refractivity contribution < 1.29 is 13.9 Å². The lowest BCUT2D eigenvalue weighted by Crippen LogP contribution is -2.36. The predicted molar refractivity (Wildman–Crippen MR) is 36.2 cm³/mol. The number of hydrogen-bond acceptors (Lipinski definition) is 1. The van der Waals surface area contributed by atoms with E-state index in [0.717, 1.165) is 0 Å². The molecule has 0 amide bonds. The van der Waals surface area contributed by atoms with Gasteiger partial charge in [-0.15, -0.1) is 0 Å². The third-order valence-electron chi connectivity index (χ3n) is 1.70. The second-order valence-corrected chi connectivity index (χ2v) is 2.51.